The molecular weight excluding hydrogens is 295 g/mol. The van der Waals surface area contributed by atoms with Gasteiger partial charge in [-0.1, -0.05) is 30.7 Å². The molecule has 0 bridgehead atoms. The van der Waals surface area contributed by atoms with Crippen LogP contribution in [0.5, 0.6) is 5.75 Å². The molecule has 0 aliphatic carbocycles. The van der Waals surface area contributed by atoms with Gasteiger partial charge in [0.25, 0.3) is 0 Å². The summed E-state index contributed by atoms with van der Waals surface area (Å²) in [4.78, 5) is 0. The Bertz CT molecular complexity index is 486. The first kappa shape index (κ1) is 15.6. The molecule has 0 aliphatic heterocycles. The summed E-state index contributed by atoms with van der Waals surface area (Å²) in [7, 11) is -3.04. The number of halogens is 2. The van der Waals surface area contributed by atoms with Crippen LogP contribution in [0.4, 0.5) is 0 Å². The van der Waals surface area contributed by atoms with Crippen molar-refractivity contribution in [3.05, 3.63) is 28.8 Å². The number of para-hydroxylation sites is 1. The Kier molecular flexibility index (Phi) is 6.26. The van der Waals surface area contributed by atoms with E-state index < -0.39 is 9.84 Å². The second kappa shape index (κ2) is 7.22. The zero-order chi connectivity index (χ0) is 13.6. The lowest BCUT2D eigenvalue weighted by molar-refractivity contribution is 0.338. The highest BCUT2D eigenvalue weighted by Crippen LogP contribution is 2.29. The maximum absolute atomic E-state index is 11.5. The van der Waals surface area contributed by atoms with Gasteiger partial charge in [0.05, 0.1) is 22.4 Å². The van der Waals surface area contributed by atoms with Crippen molar-refractivity contribution in [2.75, 3.05) is 18.1 Å². The molecule has 1 aromatic carbocycles. The molecule has 0 aliphatic rings. The Morgan fingerprint density at radius 1 is 1.28 bits per heavy atom. The van der Waals surface area contributed by atoms with Crippen molar-refractivity contribution in [2.45, 2.75) is 19.2 Å². The third-order valence-electron chi connectivity index (χ3n) is 2.35. The molecule has 6 heteroatoms. The van der Waals surface area contributed by atoms with Crippen LogP contribution in [0, 0.1) is 0 Å². The van der Waals surface area contributed by atoms with E-state index in [4.69, 9.17) is 27.9 Å². The summed E-state index contributed by atoms with van der Waals surface area (Å²) in [6.45, 7) is 1.92. The first-order valence-corrected chi connectivity index (χ1v) is 8.40. The van der Waals surface area contributed by atoms with E-state index in [9.17, 15) is 8.42 Å². The Hall–Kier alpha value is -0.450. The number of alkyl halides is 1. The summed E-state index contributed by atoms with van der Waals surface area (Å²) in [6.07, 6.45) is 0.612. The molecule has 1 rings (SSSR count). The standard InChI is InChI=1S/C12H16Cl2O3S/c1-2-7-18(15,16)8-6-17-12-10(9-13)4-3-5-11(12)14/h3-5H,2,6-9H2,1H3. The van der Waals surface area contributed by atoms with Crippen molar-refractivity contribution < 1.29 is 13.2 Å². The normalized spacial score (nSPS) is 11.5. The molecule has 0 spiro atoms. The molecule has 0 N–H and O–H groups in total. The van der Waals surface area contributed by atoms with Gasteiger partial charge in [0.1, 0.15) is 12.4 Å². The fourth-order valence-corrected chi connectivity index (χ4v) is 3.13. The minimum Gasteiger partial charge on any atom is -0.491 e. The van der Waals surface area contributed by atoms with Gasteiger partial charge in [-0.25, -0.2) is 8.42 Å². The summed E-state index contributed by atoms with van der Waals surface area (Å²) in [5, 5.41) is 0.445. The second-order valence-electron chi connectivity index (χ2n) is 3.86. The van der Waals surface area contributed by atoms with Gasteiger partial charge >= 0.3 is 0 Å². The van der Waals surface area contributed by atoms with Crippen molar-refractivity contribution in [3.63, 3.8) is 0 Å². The summed E-state index contributed by atoms with van der Waals surface area (Å²) < 4.78 is 28.5. The molecule has 3 nitrogen and oxygen atoms in total. The third-order valence-corrected chi connectivity index (χ3v) is 4.75. The fraction of sp³-hybridized carbons (Fsp3) is 0.500. The molecule has 0 fully saturated rings. The highest BCUT2D eigenvalue weighted by atomic mass is 35.5. The quantitative estimate of drug-likeness (QED) is 0.726. The number of benzene rings is 1. The second-order valence-corrected chi connectivity index (χ2v) is 6.84. The molecule has 0 saturated carbocycles. The molecule has 0 unspecified atom stereocenters. The molecule has 0 heterocycles. The van der Waals surface area contributed by atoms with Crippen molar-refractivity contribution in [2.24, 2.45) is 0 Å². The molecule has 0 amide bonds. The van der Waals surface area contributed by atoms with Crippen LogP contribution in [0.1, 0.15) is 18.9 Å². The maximum atomic E-state index is 11.5. The molecule has 0 radical (unpaired) electrons. The van der Waals surface area contributed by atoms with Crippen LogP contribution in [-0.4, -0.2) is 26.5 Å². The summed E-state index contributed by atoms with van der Waals surface area (Å²) >= 11 is 11.8. The van der Waals surface area contributed by atoms with Crippen LogP contribution < -0.4 is 4.74 Å². The lowest BCUT2D eigenvalue weighted by atomic mass is 10.2. The van der Waals surface area contributed by atoms with Gasteiger partial charge in [-0.15, -0.1) is 11.6 Å². The number of rotatable bonds is 7. The Balaban J connectivity index is 2.64. The number of hydrogen-bond donors (Lipinski definition) is 0. The monoisotopic (exact) mass is 310 g/mol. The third kappa shape index (κ3) is 4.67. The zero-order valence-corrected chi connectivity index (χ0v) is 12.5. The van der Waals surface area contributed by atoms with Gasteiger partial charge in [-0.2, -0.15) is 0 Å². The smallest absolute Gasteiger partial charge is 0.153 e. The maximum Gasteiger partial charge on any atom is 0.153 e. The van der Waals surface area contributed by atoms with Crippen molar-refractivity contribution in [1.29, 1.82) is 0 Å². The summed E-state index contributed by atoms with van der Waals surface area (Å²) in [5.74, 6) is 0.924. The molecular formula is C12H16Cl2O3S. The molecule has 0 saturated heterocycles. The van der Waals surface area contributed by atoms with Crippen LogP contribution in [0.2, 0.25) is 5.02 Å². The average molecular weight is 311 g/mol. The number of sulfone groups is 1. The molecule has 18 heavy (non-hydrogen) atoms. The van der Waals surface area contributed by atoms with E-state index in [-0.39, 0.29) is 24.0 Å². The topological polar surface area (TPSA) is 43.4 Å². The lowest BCUT2D eigenvalue weighted by Gasteiger charge is -2.11. The number of hydrogen-bond acceptors (Lipinski definition) is 3. The van der Waals surface area contributed by atoms with Crippen molar-refractivity contribution in [3.8, 4) is 5.75 Å². The van der Waals surface area contributed by atoms with Gasteiger partial charge < -0.3 is 4.74 Å². The van der Waals surface area contributed by atoms with Gasteiger partial charge in [-0.05, 0) is 12.5 Å². The van der Waals surface area contributed by atoms with E-state index in [0.29, 0.717) is 17.2 Å². The first-order valence-electron chi connectivity index (χ1n) is 5.66. The minimum atomic E-state index is -3.04. The SMILES string of the molecule is CCCS(=O)(=O)CCOc1c(Cl)cccc1CCl. The van der Waals surface area contributed by atoms with Crippen LogP contribution >= 0.6 is 23.2 Å². The Morgan fingerprint density at radius 3 is 2.61 bits per heavy atom. The average Bonchev–Trinajstić information content (AvgIpc) is 2.30. The number of ether oxygens (including phenoxy) is 1. The lowest BCUT2D eigenvalue weighted by Crippen LogP contribution is -2.17. The van der Waals surface area contributed by atoms with Gasteiger partial charge in [0, 0.05) is 5.56 Å². The van der Waals surface area contributed by atoms with Gasteiger partial charge in [-0.3, -0.25) is 0 Å². The predicted octanol–water partition coefficient (Wildman–Crippen LogP) is 3.28. The van der Waals surface area contributed by atoms with Gasteiger partial charge in [0.15, 0.2) is 9.84 Å². The summed E-state index contributed by atoms with van der Waals surface area (Å²) in [6, 6.07) is 5.27. The Morgan fingerprint density at radius 2 is 2.00 bits per heavy atom. The van der Waals surface area contributed by atoms with Crippen molar-refractivity contribution >= 4 is 33.0 Å². The molecule has 0 atom stereocenters. The van der Waals surface area contributed by atoms with Crippen LogP contribution in [0.15, 0.2) is 18.2 Å². The fourth-order valence-electron chi connectivity index (χ4n) is 1.50. The van der Waals surface area contributed by atoms with Crippen LogP contribution in [0.3, 0.4) is 0 Å². The largest absolute Gasteiger partial charge is 0.491 e. The van der Waals surface area contributed by atoms with Crippen molar-refractivity contribution in [1.82, 2.24) is 0 Å². The van der Waals surface area contributed by atoms with E-state index in [2.05, 4.69) is 0 Å². The minimum absolute atomic E-state index is 0.00616. The highest BCUT2D eigenvalue weighted by Gasteiger charge is 2.12. The predicted molar refractivity (Wildman–Crippen MR) is 75.4 cm³/mol. The highest BCUT2D eigenvalue weighted by molar-refractivity contribution is 7.91. The molecule has 0 aromatic heterocycles. The van der Waals surface area contributed by atoms with E-state index in [0.717, 1.165) is 5.56 Å². The van der Waals surface area contributed by atoms with E-state index in [1.54, 1.807) is 18.2 Å². The van der Waals surface area contributed by atoms with E-state index >= 15 is 0 Å². The van der Waals surface area contributed by atoms with Crippen LogP contribution in [-0.2, 0) is 15.7 Å². The zero-order valence-electron chi connectivity index (χ0n) is 10.2. The Labute approximate surface area is 118 Å². The van der Waals surface area contributed by atoms with Gasteiger partial charge in [0.2, 0.25) is 0 Å². The van der Waals surface area contributed by atoms with Crippen LogP contribution in [0.25, 0.3) is 0 Å². The van der Waals surface area contributed by atoms with E-state index in [1.807, 2.05) is 6.92 Å². The van der Waals surface area contributed by atoms with E-state index in [1.165, 1.54) is 0 Å². The molecule has 102 valence electrons. The summed E-state index contributed by atoms with van der Waals surface area (Å²) in [5.41, 5.74) is 0.761. The molecule has 1 aromatic rings. The first-order chi connectivity index (χ1) is 8.50.